The highest BCUT2D eigenvalue weighted by Crippen LogP contribution is 2.23. The molecular weight excluding hydrogens is 266 g/mol. The van der Waals surface area contributed by atoms with Crippen LogP contribution in [0, 0.1) is 6.92 Å². The second-order valence-corrected chi connectivity index (χ2v) is 5.88. The second kappa shape index (κ2) is 6.03. The van der Waals surface area contributed by atoms with E-state index in [1.807, 2.05) is 24.0 Å². The molecule has 1 aromatic rings. The Labute approximate surface area is 125 Å². The molecule has 2 aliphatic heterocycles. The second-order valence-electron chi connectivity index (χ2n) is 5.88. The van der Waals surface area contributed by atoms with Crippen molar-refractivity contribution < 1.29 is 9.53 Å². The number of likely N-dealkylation sites (tertiary alicyclic amines) is 1. The van der Waals surface area contributed by atoms with Crippen LogP contribution in [0.25, 0.3) is 0 Å². The van der Waals surface area contributed by atoms with E-state index >= 15 is 0 Å². The molecule has 5 nitrogen and oxygen atoms in total. The van der Waals surface area contributed by atoms with E-state index in [1.165, 1.54) is 0 Å². The molecule has 2 N–H and O–H groups in total. The highest BCUT2D eigenvalue weighted by molar-refractivity contribution is 6.00. The quantitative estimate of drug-likeness (QED) is 0.829. The zero-order chi connectivity index (χ0) is 14.8. The van der Waals surface area contributed by atoms with Gasteiger partial charge in [-0.15, -0.1) is 0 Å². The fraction of sp³-hybridized carbons (Fsp3) is 0.562. The van der Waals surface area contributed by atoms with Crippen molar-refractivity contribution in [2.24, 2.45) is 0 Å². The average molecular weight is 289 g/mol. The Bertz CT molecular complexity index is 506. The van der Waals surface area contributed by atoms with Crippen molar-refractivity contribution in [3.8, 4) is 0 Å². The third kappa shape index (κ3) is 2.89. The number of nitrogens with zero attached hydrogens (tertiary/aromatic N) is 2. The van der Waals surface area contributed by atoms with Crippen LogP contribution in [0.15, 0.2) is 18.2 Å². The first-order chi connectivity index (χ1) is 10.2. The van der Waals surface area contributed by atoms with Crippen molar-refractivity contribution in [3.05, 3.63) is 29.3 Å². The highest BCUT2D eigenvalue weighted by atomic mass is 16.5. The Hall–Kier alpha value is -1.59. The van der Waals surface area contributed by atoms with Gasteiger partial charge >= 0.3 is 0 Å². The Morgan fingerprint density at radius 2 is 2.05 bits per heavy atom. The number of anilines is 1. The predicted octanol–water partition coefficient (Wildman–Crippen LogP) is 1.12. The van der Waals surface area contributed by atoms with Gasteiger partial charge < -0.3 is 15.4 Å². The molecule has 0 saturated carbocycles. The van der Waals surface area contributed by atoms with Gasteiger partial charge in [0.1, 0.15) is 0 Å². The Morgan fingerprint density at radius 1 is 1.29 bits per heavy atom. The number of carbonyl (C=O) groups excluding carboxylic acids is 1. The number of rotatable bonds is 2. The average Bonchev–Trinajstić information content (AvgIpc) is 2.97. The fourth-order valence-electron chi connectivity index (χ4n) is 3.31. The van der Waals surface area contributed by atoms with Crippen molar-refractivity contribution in [3.63, 3.8) is 0 Å². The number of hydrogen-bond donors (Lipinski definition) is 1. The molecule has 2 aliphatic rings. The van der Waals surface area contributed by atoms with Gasteiger partial charge in [0.2, 0.25) is 0 Å². The van der Waals surface area contributed by atoms with Gasteiger partial charge in [-0.2, -0.15) is 0 Å². The molecule has 1 unspecified atom stereocenters. The third-order valence-corrected chi connectivity index (χ3v) is 4.53. The van der Waals surface area contributed by atoms with E-state index in [0.29, 0.717) is 17.3 Å². The number of benzene rings is 1. The highest BCUT2D eigenvalue weighted by Gasteiger charge is 2.32. The van der Waals surface area contributed by atoms with Gasteiger partial charge in [0.25, 0.3) is 5.91 Å². The fourth-order valence-corrected chi connectivity index (χ4v) is 3.31. The summed E-state index contributed by atoms with van der Waals surface area (Å²) >= 11 is 0. The van der Waals surface area contributed by atoms with Crippen molar-refractivity contribution >= 4 is 11.6 Å². The van der Waals surface area contributed by atoms with Crippen molar-refractivity contribution in [2.45, 2.75) is 19.4 Å². The van der Waals surface area contributed by atoms with E-state index in [0.717, 1.165) is 51.4 Å². The minimum atomic E-state index is 0.0707. The standard InChI is InChI=1S/C16H23N3O2/c1-12-3-2-4-14(17)15(12)16(20)19-6-5-13(11-19)18-7-9-21-10-8-18/h2-4,13H,5-11,17H2,1H3. The lowest BCUT2D eigenvalue weighted by molar-refractivity contribution is 0.0185. The van der Waals surface area contributed by atoms with Gasteiger partial charge in [0, 0.05) is 37.9 Å². The lowest BCUT2D eigenvalue weighted by Gasteiger charge is -2.32. The van der Waals surface area contributed by atoms with Crippen molar-refractivity contribution in [2.75, 3.05) is 45.1 Å². The van der Waals surface area contributed by atoms with Gasteiger partial charge in [-0.05, 0) is 25.0 Å². The SMILES string of the molecule is Cc1cccc(N)c1C(=O)N1CCC(N2CCOCC2)C1. The van der Waals surface area contributed by atoms with Crippen LogP contribution >= 0.6 is 0 Å². The third-order valence-electron chi connectivity index (χ3n) is 4.53. The van der Waals surface area contributed by atoms with E-state index in [9.17, 15) is 4.79 Å². The molecule has 5 heteroatoms. The zero-order valence-electron chi connectivity index (χ0n) is 12.5. The summed E-state index contributed by atoms with van der Waals surface area (Å²) in [7, 11) is 0. The van der Waals surface area contributed by atoms with Crippen LogP contribution in [-0.4, -0.2) is 61.1 Å². The summed E-state index contributed by atoms with van der Waals surface area (Å²) in [4.78, 5) is 17.1. The molecule has 2 heterocycles. The number of nitrogen functional groups attached to an aromatic ring is 1. The molecule has 0 bridgehead atoms. The molecule has 0 radical (unpaired) electrons. The number of hydrogen-bond acceptors (Lipinski definition) is 4. The zero-order valence-corrected chi connectivity index (χ0v) is 12.5. The maximum absolute atomic E-state index is 12.7. The molecule has 0 aromatic heterocycles. The minimum absolute atomic E-state index is 0.0707. The summed E-state index contributed by atoms with van der Waals surface area (Å²) in [6.45, 7) is 7.10. The molecule has 1 atom stereocenters. The number of morpholine rings is 1. The molecule has 1 amide bonds. The number of ether oxygens (including phenoxy) is 1. The monoisotopic (exact) mass is 289 g/mol. The molecule has 21 heavy (non-hydrogen) atoms. The largest absolute Gasteiger partial charge is 0.398 e. The number of nitrogens with two attached hydrogens (primary N) is 1. The van der Waals surface area contributed by atoms with Crippen LogP contribution in [0.3, 0.4) is 0 Å². The summed E-state index contributed by atoms with van der Waals surface area (Å²) in [6, 6.07) is 6.10. The van der Waals surface area contributed by atoms with Gasteiger partial charge in [-0.25, -0.2) is 0 Å². The van der Waals surface area contributed by atoms with Crippen LogP contribution in [0.1, 0.15) is 22.3 Å². The maximum Gasteiger partial charge on any atom is 0.256 e. The van der Waals surface area contributed by atoms with Crippen LogP contribution < -0.4 is 5.73 Å². The summed E-state index contributed by atoms with van der Waals surface area (Å²) in [5, 5.41) is 0. The molecule has 0 aliphatic carbocycles. The molecule has 2 saturated heterocycles. The topological polar surface area (TPSA) is 58.8 Å². The van der Waals surface area contributed by atoms with Crippen LogP contribution in [0.2, 0.25) is 0 Å². The normalized spacial score (nSPS) is 23.5. The summed E-state index contributed by atoms with van der Waals surface area (Å²) in [6.07, 6.45) is 1.04. The van der Waals surface area contributed by atoms with Gasteiger partial charge in [-0.1, -0.05) is 12.1 Å². The lowest BCUT2D eigenvalue weighted by atomic mass is 10.1. The van der Waals surface area contributed by atoms with E-state index in [-0.39, 0.29) is 5.91 Å². The van der Waals surface area contributed by atoms with E-state index in [1.54, 1.807) is 6.07 Å². The molecule has 114 valence electrons. The summed E-state index contributed by atoms with van der Waals surface area (Å²) < 4.78 is 5.40. The number of amides is 1. The first kappa shape index (κ1) is 14.4. The predicted molar refractivity (Wildman–Crippen MR) is 82.3 cm³/mol. The maximum atomic E-state index is 12.7. The summed E-state index contributed by atoms with van der Waals surface area (Å²) in [5.41, 5.74) is 8.19. The Morgan fingerprint density at radius 3 is 2.76 bits per heavy atom. The number of carbonyl (C=O) groups is 1. The molecule has 3 rings (SSSR count). The lowest BCUT2D eigenvalue weighted by Crippen LogP contribution is -2.45. The van der Waals surface area contributed by atoms with Gasteiger partial charge in [0.15, 0.2) is 0 Å². The van der Waals surface area contributed by atoms with E-state index < -0.39 is 0 Å². The van der Waals surface area contributed by atoms with Crippen molar-refractivity contribution in [1.29, 1.82) is 0 Å². The minimum Gasteiger partial charge on any atom is -0.398 e. The summed E-state index contributed by atoms with van der Waals surface area (Å²) in [5.74, 6) is 0.0707. The molecule has 1 aromatic carbocycles. The Balaban J connectivity index is 1.69. The van der Waals surface area contributed by atoms with Gasteiger partial charge in [0.05, 0.1) is 18.8 Å². The first-order valence-corrected chi connectivity index (χ1v) is 7.63. The molecule has 2 fully saturated rings. The van der Waals surface area contributed by atoms with E-state index in [2.05, 4.69) is 4.90 Å². The van der Waals surface area contributed by atoms with Crippen molar-refractivity contribution in [1.82, 2.24) is 9.80 Å². The van der Waals surface area contributed by atoms with Crippen LogP contribution in [0.5, 0.6) is 0 Å². The first-order valence-electron chi connectivity index (χ1n) is 7.63. The molecular formula is C16H23N3O2. The van der Waals surface area contributed by atoms with Crippen LogP contribution in [0.4, 0.5) is 5.69 Å². The smallest absolute Gasteiger partial charge is 0.256 e. The Kier molecular flexibility index (Phi) is 4.12. The van der Waals surface area contributed by atoms with E-state index in [4.69, 9.17) is 10.5 Å². The van der Waals surface area contributed by atoms with Gasteiger partial charge in [-0.3, -0.25) is 9.69 Å². The van der Waals surface area contributed by atoms with Crippen LogP contribution in [-0.2, 0) is 4.74 Å². The number of aryl methyl sites for hydroxylation is 1. The molecule has 0 spiro atoms.